The molecular weight excluding hydrogens is 236 g/mol. The van der Waals surface area contributed by atoms with Crippen molar-refractivity contribution in [1.82, 2.24) is 10.0 Å². The minimum absolute atomic E-state index is 0.0387. The molecule has 1 amide bonds. The molecule has 0 aliphatic heterocycles. The Labute approximate surface area is 94.3 Å². The highest BCUT2D eigenvalue weighted by Crippen LogP contribution is 2.03. The molecule has 0 rings (SSSR count). The second-order valence-electron chi connectivity index (χ2n) is 3.90. The zero-order chi connectivity index (χ0) is 13.0. The molecule has 3 N–H and O–H groups in total. The minimum atomic E-state index is -3.50. The number of rotatable bonds is 6. The molecule has 0 aliphatic carbocycles. The van der Waals surface area contributed by atoms with Gasteiger partial charge in [-0.2, -0.15) is 0 Å². The largest absolute Gasteiger partial charge is 0.481 e. The van der Waals surface area contributed by atoms with Crippen molar-refractivity contribution in [3.63, 3.8) is 0 Å². The average Bonchev–Trinajstić information content (AvgIpc) is 1.98. The minimum Gasteiger partial charge on any atom is -0.481 e. The molecule has 0 aromatic carbocycles. The van der Waals surface area contributed by atoms with E-state index in [2.05, 4.69) is 10.0 Å². The Bertz CT molecular complexity index is 374. The molecule has 0 radical (unpaired) electrons. The van der Waals surface area contributed by atoms with Gasteiger partial charge in [-0.15, -0.1) is 0 Å². The lowest BCUT2D eigenvalue weighted by Gasteiger charge is -2.23. The Kier molecular flexibility index (Phi) is 4.88. The first kappa shape index (κ1) is 14.8. The van der Waals surface area contributed by atoms with Gasteiger partial charge < -0.3 is 10.4 Å². The summed E-state index contributed by atoms with van der Waals surface area (Å²) in [6.45, 7) is 2.75. The molecule has 16 heavy (non-hydrogen) atoms. The summed E-state index contributed by atoms with van der Waals surface area (Å²) in [4.78, 5) is 21.7. The molecule has 0 saturated heterocycles. The van der Waals surface area contributed by atoms with Gasteiger partial charge >= 0.3 is 5.97 Å². The zero-order valence-electron chi connectivity index (χ0n) is 9.40. The van der Waals surface area contributed by atoms with E-state index in [-0.39, 0.29) is 13.0 Å². The smallest absolute Gasteiger partial charge is 0.305 e. The first-order chi connectivity index (χ1) is 7.04. The fourth-order valence-corrected chi connectivity index (χ4v) is 2.03. The molecule has 0 aliphatic rings. The normalized spacial score (nSPS) is 12.2. The van der Waals surface area contributed by atoms with Gasteiger partial charge in [-0.1, -0.05) is 0 Å². The van der Waals surface area contributed by atoms with E-state index in [0.29, 0.717) is 0 Å². The van der Waals surface area contributed by atoms with E-state index in [1.54, 1.807) is 0 Å². The van der Waals surface area contributed by atoms with Gasteiger partial charge in [-0.05, 0) is 13.8 Å². The number of hydrogen-bond acceptors (Lipinski definition) is 4. The van der Waals surface area contributed by atoms with Crippen molar-refractivity contribution < 1.29 is 23.1 Å². The first-order valence-corrected chi connectivity index (χ1v) is 6.43. The fourth-order valence-electron chi connectivity index (χ4n) is 1.01. The Hall–Kier alpha value is -1.15. The Morgan fingerprint density at radius 3 is 2.19 bits per heavy atom. The van der Waals surface area contributed by atoms with Crippen LogP contribution in [-0.2, 0) is 19.6 Å². The third-order valence-corrected chi connectivity index (χ3v) is 2.51. The van der Waals surface area contributed by atoms with Crippen molar-refractivity contribution in [2.45, 2.75) is 25.8 Å². The summed E-state index contributed by atoms with van der Waals surface area (Å²) in [7, 11) is -3.50. The van der Waals surface area contributed by atoms with Crippen LogP contribution in [0.25, 0.3) is 0 Å². The van der Waals surface area contributed by atoms with Gasteiger partial charge in [0.2, 0.25) is 15.9 Å². The molecule has 0 bridgehead atoms. The standard InChI is InChI=1S/C8H16N2O5S/c1-8(2,10-16(3,14)15)7(13)9-5-4-6(11)12/h10H,4-5H2,1-3H3,(H,9,13)(H,11,12). The van der Waals surface area contributed by atoms with E-state index in [9.17, 15) is 18.0 Å². The lowest BCUT2D eigenvalue weighted by atomic mass is 10.1. The first-order valence-electron chi connectivity index (χ1n) is 4.53. The molecule has 0 atom stereocenters. The summed E-state index contributed by atoms with van der Waals surface area (Å²) in [5, 5.41) is 10.7. The van der Waals surface area contributed by atoms with Crippen molar-refractivity contribution in [2.24, 2.45) is 0 Å². The van der Waals surface area contributed by atoms with Crippen molar-refractivity contribution in [3.05, 3.63) is 0 Å². The number of sulfonamides is 1. The molecule has 0 saturated carbocycles. The van der Waals surface area contributed by atoms with Gasteiger partial charge in [0.1, 0.15) is 5.54 Å². The molecule has 0 aromatic rings. The maximum absolute atomic E-state index is 11.5. The summed E-state index contributed by atoms with van der Waals surface area (Å²) in [6.07, 6.45) is 0.736. The molecule has 0 unspecified atom stereocenters. The van der Waals surface area contributed by atoms with E-state index in [1.165, 1.54) is 13.8 Å². The van der Waals surface area contributed by atoms with Crippen LogP contribution in [0.5, 0.6) is 0 Å². The summed E-state index contributed by atoms with van der Waals surface area (Å²) in [5.74, 6) is -1.60. The average molecular weight is 252 g/mol. The maximum Gasteiger partial charge on any atom is 0.305 e. The number of carboxylic acids is 1. The van der Waals surface area contributed by atoms with E-state index in [4.69, 9.17) is 5.11 Å². The Morgan fingerprint density at radius 1 is 1.31 bits per heavy atom. The number of carbonyl (C=O) groups is 2. The van der Waals surface area contributed by atoms with Crippen LogP contribution >= 0.6 is 0 Å². The summed E-state index contributed by atoms with van der Waals surface area (Å²) < 4.78 is 24.0. The predicted molar refractivity (Wildman–Crippen MR) is 57.3 cm³/mol. The molecule has 0 spiro atoms. The second kappa shape index (κ2) is 5.26. The van der Waals surface area contributed by atoms with Gasteiger partial charge in [0, 0.05) is 6.54 Å². The summed E-state index contributed by atoms with van der Waals surface area (Å²) in [6, 6.07) is 0. The highest BCUT2D eigenvalue weighted by molar-refractivity contribution is 7.88. The van der Waals surface area contributed by atoms with Crippen LogP contribution in [0.2, 0.25) is 0 Å². The fraction of sp³-hybridized carbons (Fsp3) is 0.750. The highest BCUT2D eigenvalue weighted by atomic mass is 32.2. The molecule has 0 heterocycles. The van der Waals surface area contributed by atoms with Crippen molar-refractivity contribution in [1.29, 1.82) is 0 Å². The Balaban J connectivity index is 4.31. The van der Waals surface area contributed by atoms with Crippen LogP contribution in [0.15, 0.2) is 0 Å². The summed E-state index contributed by atoms with van der Waals surface area (Å²) in [5.41, 5.74) is -1.30. The summed E-state index contributed by atoms with van der Waals surface area (Å²) >= 11 is 0. The second-order valence-corrected chi connectivity index (χ2v) is 5.65. The van der Waals surface area contributed by atoms with Crippen molar-refractivity contribution >= 4 is 21.9 Å². The zero-order valence-corrected chi connectivity index (χ0v) is 10.2. The molecule has 0 aromatic heterocycles. The monoisotopic (exact) mass is 252 g/mol. The quantitative estimate of drug-likeness (QED) is 0.555. The lowest BCUT2D eigenvalue weighted by molar-refractivity contribution is -0.137. The van der Waals surface area contributed by atoms with Crippen LogP contribution < -0.4 is 10.0 Å². The van der Waals surface area contributed by atoms with E-state index in [0.717, 1.165) is 6.26 Å². The lowest BCUT2D eigenvalue weighted by Crippen LogP contribution is -2.54. The van der Waals surface area contributed by atoms with Crippen LogP contribution in [0.1, 0.15) is 20.3 Å². The van der Waals surface area contributed by atoms with Gasteiger partial charge in [0.15, 0.2) is 0 Å². The number of carbonyl (C=O) groups excluding carboxylic acids is 1. The number of carboxylic acid groups (broad SMARTS) is 1. The van der Waals surface area contributed by atoms with Crippen molar-refractivity contribution in [3.8, 4) is 0 Å². The van der Waals surface area contributed by atoms with Crippen LogP contribution in [-0.4, -0.2) is 43.7 Å². The number of nitrogens with one attached hydrogen (secondary N) is 2. The molecular formula is C8H16N2O5S. The van der Waals surface area contributed by atoms with Crippen LogP contribution in [0, 0.1) is 0 Å². The number of aliphatic carboxylic acids is 1. The van der Waals surface area contributed by atoms with Gasteiger partial charge in [-0.3, -0.25) is 9.59 Å². The molecule has 94 valence electrons. The van der Waals surface area contributed by atoms with Gasteiger partial charge in [0.05, 0.1) is 12.7 Å². The van der Waals surface area contributed by atoms with E-state index in [1.807, 2.05) is 0 Å². The van der Waals surface area contributed by atoms with E-state index < -0.39 is 27.4 Å². The van der Waals surface area contributed by atoms with Crippen molar-refractivity contribution in [2.75, 3.05) is 12.8 Å². The topological polar surface area (TPSA) is 113 Å². The van der Waals surface area contributed by atoms with Crippen LogP contribution in [0.4, 0.5) is 0 Å². The maximum atomic E-state index is 11.5. The number of hydrogen-bond donors (Lipinski definition) is 3. The Morgan fingerprint density at radius 2 is 1.81 bits per heavy atom. The van der Waals surface area contributed by atoms with Gasteiger partial charge in [0.25, 0.3) is 0 Å². The SMILES string of the molecule is CC(C)(NS(C)(=O)=O)C(=O)NCCC(=O)O. The van der Waals surface area contributed by atoms with E-state index >= 15 is 0 Å². The molecule has 0 fully saturated rings. The third-order valence-electron chi connectivity index (χ3n) is 1.63. The van der Waals surface area contributed by atoms with Crippen LogP contribution in [0.3, 0.4) is 0 Å². The van der Waals surface area contributed by atoms with Gasteiger partial charge in [-0.25, -0.2) is 13.1 Å². The third kappa shape index (κ3) is 6.36. The highest BCUT2D eigenvalue weighted by Gasteiger charge is 2.30. The predicted octanol–water partition coefficient (Wildman–Crippen LogP) is -1.09. The molecule has 7 nitrogen and oxygen atoms in total. The number of amides is 1. The molecule has 8 heteroatoms.